The van der Waals surface area contributed by atoms with Crippen LogP contribution in [0.15, 0.2) is 24.0 Å². The highest BCUT2D eigenvalue weighted by atomic mass is 16.3. The van der Waals surface area contributed by atoms with Crippen molar-refractivity contribution in [2.45, 2.75) is 25.0 Å². The predicted octanol–water partition coefficient (Wildman–Crippen LogP) is 0.652. The lowest BCUT2D eigenvalue weighted by Gasteiger charge is -2.28. The van der Waals surface area contributed by atoms with Crippen molar-refractivity contribution >= 4 is 11.6 Å². The van der Waals surface area contributed by atoms with Gasteiger partial charge in [-0.25, -0.2) is 9.97 Å². The average Bonchev–Trinajstić information content (AvgIpc) is 2.94. The SMILES string of the molecule is CN(C)C[C@H]1C[C@@H](O)CN1c1cc(NCC2=CCN(C)CC2)ncn1. The summed E-state index contributed by atoms with van der Waals surface area (Å²) in [6.45, 7) is 4.50. The van der Waals surface area contributed by atoms with E-state index < -0.39 is 0 Å². The zero-order chi connectivity index (χ0) is 17.8. The monoisotopic (exact) mass is 346 g/mol. The molecule has 2 aliphatic rings. The van der Waals surface area contributed by atoms with Crippen molar-refractivity contribution < 1.29 is 5.11 Å². The van der Waals surface area contributed by atoms with Gasteiger partial charge in [0.2, 0.25) is 0 Å². The highest BCUT2D eigenvalue weighted by Crippen LogP contribution is 2.25. The lowest BCUT2D eigenvalue weighted by Crippen LogP contribution is -2.38. The van der Waals surface area contributed by atoms with Crippen LogP contribution in [0.25, 0.3) is 0 Å². The third-order valence-electron chi connectivity index (χ3n) is 4.92. The first kappa shape index (κ1) is 18.1. The van der Waals surface area contributed by atoms with Crippen LogP contribution in [-0.4, -0.2) is 90.9 Å². The molecule has 138 valence electrons. The van der Waals surface area contributed by atoms with E-state index in [1.165, 1.54) is 5.57 Å². The minimum absolute atomic E-state index is 0.282. The molecule has 2 atom stereocenters. The second kappa shape index (κ2) is 8.12. The van der Waals surface area contributed by atoms with E-state index >= 15 is 0 Å². The Kier molecular flexibility index (Phi) is 5.88. The third kappa shape index (κ3) is 4.90. The fourth-order valence-corrected chi connectivity index (χ4v) is 3.55. The van der Waals surface area contributed by atoms with Crippen LogP contribution < -0.4 is 10.2 Å². The van der Waals surface area contributed by atoms with Gasteiger partial charge in [0, 0.05) is 44.8 Å². The van der Waals surface area contributed by atoms with Gasteiger partial charge in [-0.2, -0.15) is 0 Å². The Morgan fingerprint density at radius 3 is 2.92 bits per heavy atom. The molecule has 0 unspecified atom stereocenters. The number of β-amino-alcohol motifs (C(OH)–C–C–N with tert-alkyl or cyclic N) is 1. The lowest BCUT2D eigenvalue weighted by molar-refractivity contribution is 0.191. The van der Waals surface area contributed by atoms with Gasteiger partial charge in [0.1, 0.15) is 18.0 Å². The summed E-state index contributed by atoms with van der Waals surface area (Å²) in [7, 11) is 6.27. The number of nitrogens with one attached hydrogen (secondary N) is 1. The van der Waals surface area contributed by atoms with Crippen molar-refractivity contribution in [2.75, 3.05) is 64.1 Å². The van der Waals surface area contributed by atoms with Crippen LogP contribution in [0, 0.1) is 0 Å². The fourth-order valence-electron chi connectivity index (χ4n) is 3.55. The number of nitrogens with zero attached hydrogens (tertiary/aromatic N) is 5. The van der Waals surface area contributed by atoms with Gasteiger partial charge >= 0.3 is 0 Å². The second-order valence-electron chi connectivity index (χ2n) is 7.45. The van der Waals surface area contributed by atoms with Crippen LogP contribution in [0.1, 0.15) is 12.8 Å². The number of hydrogen-bond acceptors (Lipinski definition) is 7. The second-order valence-corrected chi connectivity index (χ2v) is 7.45. The number of anilines is 2. The smallest absolute Gasteiger partial charge is 0.134 e. The summed E-state index contributed by atoms with van der Waals surface area (Å²) in [6.07, 6.45) is 5.50. The molecule has 0 aliphatic carbocycles. The molecule has 1 aromatic heterocycles. The summed E-state index contributed by atoms with van der Waals surface area (Å²) in [5, 5.41) is 13.5. The molecule has 0 amide bonds. The van der Waals surface area contributed by atoms with Gasteiger partial charge in [-0.3, -0.25) is 0 Å². The number of likely N-dealkylation sites (N-methyl/N-ethyl adjacent to an activating group) is 2. The first-order valence-corrected chi connectivity index (χ1v) is 9.03. The Labute approximate surface area is 150 Å². The molecule has 25 heavy (non-hydrogen) atoms. The number of hydrogen-bond donors (Lipinski definition) is 2. The van der Waals surface area contributed by atoms with Crippen molar-refractivity contribution in [2.24, 2.45) is 0 Å². The van der Waals surface area contributed by atoms with Crippen LogP contribution in [0.2, 0.25) is 0 Å². The van der Waals surface area contributed by atoms with E-state index in [1.807, 2.05) is 6.07 Å². The summed E-state index contributed by atoms with van der Waals surface area (Å²) in [5.74, 6) is 1.73. The molecule has 0 saturated carbocycles. The molecule has 0 aromatic carbocycles. The van der Waals surface area contributed by atoms with Gasteiger partial charge in [0.25, 0.3) is 0 Å². The number of aromatic nitrogens is 2. The number of aliphatic hydroxyl groups excluding tert-OH is 1. The molecule has 0 radical (unpaired) electrons. The molecule has 1 saturated heterocycles. The van der Waals surface area contributed by atoms with Gasteiger partial charge in [-0.05, 0) is 34.0 Å². The van der Waals surface area contributed by atoms with E-state index in [1.54, 1.807) is 6.33 Å². The van der Waals surface area contributed by atoms with Crippen LogP contribution in [0.4, 0.5) is 11.6 Å². The quantitative estimate of drug-likeness (QED) is 0.733. The molecule has 3 rings (SSSR count). The first-order chi connectivity index (χ1) is 12.0. The Bertz CT molecular complexity index is 605. The van der Waals surface area contributed by atoms with Crippen molar-refractivity contribution in [1.82, 2.24) is 19.8 Å². The maximum absolute atomic E-state index is 10.1. The van der Waals surface area contributed by atoms with E-state index in [0.717, 1.165) is 50.7 Å². The Morgan fingerprint density at radius 1 is 1.36 bits per heavy atom. The fraction of sp³-hybridized carbons (Fsp3) is 0.667. The summed E-state index contributed by atoms with van der Waals surface area (Å²) in [6, 6.07) is 2.28. The summed E-state index contributed by atoms with van der Waals surface area (Å²) in [4.78, 5) is 15.5. The van der Waals surface area contributed by atoms with Gasteiger partial charge in [-0.1, -0.05) is 11.6 Å². The molecule has 3 heterocycles. The zero-order valence-corrected chi connectivity index (χ0v) is 15.5. The van der Waals surface area contributed by atoms with Crippen molar-refractivity contribution in [3.8, 4) is 0 Å². The third-order valence-corrected chi connectivity index (χ3v) is 4.92. The van der Waals surface area contributed by atoms with E-state index in [4.69, 9.17) is 0 Å². The molecule has 1 aromatic rings. The normalized spacial score (nSPS) is 24.7. The summed E-state index contributed by atoms with van der Waals surface area (Å²) >= 11 is 0. The van der Waals surface area contributed by atoms with E-state index in [-0.39, 0.29) is 12.1 Å². The average molecular weight is 346 g/mol. The Balaban J connectivity index is 1.64. The van der Waals surface area contributed by atoms with Gasteiger partial charge in [-0.15, -0.1) is 0 Å². The molecule has 1 fully saturated rings. The lowest BCUT2D eigenvalue weighted by atomic mass is 10.1. The topological polar surface area (TPSA) is 67.8 Å². The molecule has 7 heteroatoms. The maximum Gasteiger partial charge on any atom is 0.134 e. The van der Waals surface area contributed by atoms with Crippen molar-refractivity contribution in [1.29, 1.82) is 0 Å². The van der Waals surface area contributed by atoms with E-state index in [2.05, 4.69) is 57.2 Å². The molecular weight excluding hydrogens is 316 g/mol. The van der Waals surface area contributed by atoms with Crippen LogP contribution >= 0.6 is 0 Å². The van der Waals surface area contributed by atoms with Gasteiger partial charge in [0.15, 0.2) is 0 Å². The zero-order valence-electron chi connectivity index (χ0n) is 15.5. The van der Waals surface area contributed by atoms with E-state index in [9.17, 15) is 5.11 Å². The molecule has 0 bridgehead atoms. The highest BCUT2D eigenvalue weighted by molar-refractivity contribution is 5.50. The Hall–Kier alpha value is -1.70. The molecule has 7 nitrogen and oxygen atoms in total. The molecule has 2 N–H and O–H groups in total. The molecule has 2 aliphatic heterocycles. The van der Waals surface area contributed by atoms with Crippen LogP contribution in [0.5, 0.6) is 0 Å². The van der Waals surface area contributed by atoms with Crippen molar-refractivity contribution in [3.63, 3.8) is 0 Å². The first-order valence-electron chi connectivity index (χ1n) is 9.03. The molecule has 0 spiro atoms. The summed E-state index contributed by atoms with van der Waals surface area (Å²) in [5.41, 5.74) is 1.43. The van der Waals surface area contributed by atoms with Crippen LogP contribution in [-0.2, 0) is 0 Å². The largest absolute Gasteiger partial charge is 0.391 e. The van der Waals surface area contributed by atoms with Crippen LogP contribution in [0.3, 0.4) is 0 Å². The van der Waals surface area contributed by atoms with Crippen molar-refractivity contribution in [3.05, 3.63) is 24.0 Å². The molecular formula is C18H30N6O. The standard InChI is InChI=1S/C18H30N6O/c1-22(2)11-15-8-16(25)12-24(15)18-9-17(20-13-21-18)19-10-14-4-6-23(3)7-5-14/h4,9,13,15-16,25H,5-8,10-12H2,1-3H3,(H,19,20,21)/t15-,16-/m1/s1. The minimum atomic E-state index is -0.291. The minimum Gasteiger partial charge on any atom is -0.391 e. The highest BCUT2D eigenvalue weighted by Gasteiger charge is 2.32. The number of aliphatic hydroxyl groups is 1. The maximum atomic E-state index is 10.1. The van der Waals surface area contributed by atoms with Gasteiger partial charge in [0.05, 0.1) is 6.10 Å². The Morgan fingerprint density at radius 2 is 2.20 bits per heavy atom. The van der Waals surface area contributed by atoms with Gasteiger partial charge < -0.3 is 25.1 Å². The predicted molar refractivity (Wildman–Crippen MR) is 101 cm³/mol. The van der Waals surface area contributed by atoms with E-state index in [0.29, 0.717) is 6.54 Å². The number of rotatable bonds is 6. The summed E-state index contributed by atoms with van der Waals surface area (Å²) < 4.78 is 0.